The van der Waals surface area contributed by atoms with Gasteiger partial charge in [-0.3, -0.25) is 4.57 Å². The quantitative estimate of drug-likeness (QED) is 0.302. The Kier molecular flexibility index (Phi) is 6.95. The molecule has 0 saturated carbocycles. The summed E-state index contributed by atoms with van der Waals surface area (Å²) in [5.41, 5.74) is 0.231. The maximum Gasteiger partial charge on any atom is 0.349 e. The van der Waals surface area contributed by atoms with Crippen LogP contribution in [0.1, 0.15) is 23.7 Å². The number of aryl methyl sites for hydroxylation is 1. The Morgan fingerprint density at radius 1 is 1.24 bits per heavy atom. The lowest BCUT2D eigenvalue weighted by atomic mass is 9.86. The monoisotopic (exact) mass is 503 g/mol. The van der Waals surface area contributed by atoms with Crippen molar-refractivity contribution in [2.75, 3.05) is 0 Å². The number of carbonyl (C=O) groups excluding carboxylic acids is 1. The largest absolute Gasteiger partial charge is 0.381 e. The molecule has 37 heavy (non-hydrogen) atoms. The molecule has 188 valence electrons. The number of nitriles is 1. The van der Waals surface area contributed by atoms with Gasteiger partial charge in [-0.05, 0) is 43.7 Å². The van der Waals surface area contributed by atoms with E-state index in [4.69, 9.17) is 5.26 Å². The van der Waals surface area contributed by atoms with Crippen LogP contribution in [0.3, 0.4) is 0 Å². The lowest BCUT2D eigenvalue weighted by Gasteiger charge is -2.38. The number of nitrogens with zero attached hydrogens (tertiary/aromatic N) is 7. The van der Waals surface area contributed by atoms with E-state index in [-0.39, 0.29) is 12.1 Å². The minimum atomic E-state index is -2.10. The van der Waals surface area contributed by atoms with Gasteiger partial charge in [0.25, 0.3) is 0 Å². The summed E-state index contributed by atoms with van der Waals surface area (Å²) < 4.78 is 31.2. The van der Waals surface area contributed by atoms with E-state index in [1.165, 1.54) is 28.8 Å². The first-order valence-electron chi connectivity index (χ1n) is 11.2. The number of carbonyl (C=O) groups is 1. The molecule has 0 bridgehead atoms. The van der Waals surface area contributed by atoms with Crippen LogP contribution in [-0.2, 0) is 12.1 Å². The van der Waals surface area contributed by atoms with Gasteiger partial charge >= 0.3 is 6.03 Å². The van der Waals surface area contributed by atoms with Gasteiger partial charge in [0.2, 0.25) is 0 Å². The average molecular weight is 504 g/mol. The molecule has 11 heteroatoms. The molecule has 0 spiro atoms. The summed E-state index contributed by atoms with van der Waals surface area (Å²) in [4.78, 5) is 17.5. The average Bonchev–Trinajstić information content (AvgIpc) is 3.53. The molecule has 0 aliphatic carbocycles. The molecule has 1 unspecified atom stereocenters. The molecule has 4 aromatic rings. The zero-order valence-corrected chi connectivity index (χ0v) is 20.1. The number of benzene rings is 2. The SMILES string of the molecule is C=NN(C(=O)n1cc(-c2ccc(C#N)cc2)cc1C)[C@H](C)C(O)(Cn1cncn1)c1ccc(F)cc1F. The van der Waals surface area contributed by atoms with Crippen LogP contribution in [0.25, 0.3) is 11.1 Å². The molecular weight excluding hydrogens is 480 g/mol. The number of aromatic nitrogens is 4. The van der Waals surface area contributed by atoms with E-state index in [0.29, 0.717) is 17.3 Å². The maximum absolute atomic E-state index is 14.9. The Balaban J connectivity index is 1.72. The summed E-state index contributed by atoms with van der Waals surface area (Å²) in [5.74, 6) is -1.81. The second kappa shape index (κ2) is 10.1. The Morgan fingerprint density at radius 3 is 2.57 bits per heavy atom. The maximum atomic E-state index is 14.9. The number of hydrogen-bond acceptors (Lipinski definition) is 6. The molecule has 1 N–H and O–H groups in total. The Hall–Kier alpha value is -4.69. The fourth-order valence-corrected chi connectivity index (χ4v) is 4.18. The highest BCUT2D eigenvalue weighted by atomic mass is 19.1. The Labute approximate surface area is 211 Å². The van der Waals surface area contributed by atoms with Gasteiger partial charge in [-0.2, -0.15) is 15.5 Å². The van der Waals surface area contributed by atoms with E-state index in [1.807, 2.05) is 0 Å². The van der Waals surface area contributed by atoms with Gasteiger partial charge in [0.15, 0.2) is 0 Å². The molecule has 2 aromatic heterocycles. The van der Waals surface area contributed by atoms with Crippen molar-refractivity contribution in [1.82, 2.24) is 24.3 Å². The van der Waals surface area contributed by atoms with Crippen LogP contribution >= 0.6 is 0 Å². The highest BCUT2D eigenvalue weighted by Gasteiger charge is 2.44. The number of rotatable bonds is 7. The topological polar surface area (TPSA) is 112 Å². The van der Waals surface area contributed by atoms with Gasteiger partial charge < -0.3 is 5.11 Å². The molecule has 0 aliphatic heterocycles. The van der Waals surface area contributed by atoms with Crippen LogP contribution in [-0.4, -0.2) is 48.2 Å². The van der Waals surface area contributed by atoms with Gasteiger partial charge in [0, 0.05) is 35.8 Å². The van der Waals surface area contributed by atoms with E-state index < -0.39 is 29.3 Å². The molecule has 0 saturated heterocycles. The molecule has 2 aromatic carbocycles. The lowest BCUT2D eigenvalue weighted by Crippen LogP contribution is -2.52. The third-order valence-electron chi connectivity index (χ3n) is 6.24. The van der Waals surface area contributed by atoms with Gasteiger partial charge in [-0.25, -0.2) is 28.3 Å². The van der Waals surface area contributed by atoms with Gasteiger partial charge in [0.05, 0.1) is 24.2 Å². The predicted molar refractivity (Wildman–Crippen MR) is 131 cm³/mol. The standard InChI is InChI=1S/C26H23F2N7O2/c1-17-10-21(20-6-4-19(12-29)5-7-20)13-34(17)25(36)35(30-3)18(2)26(37,14-33-16-31-15-32-33)23-9-8-22(27)11-24(23)28/h4-11,13,15-16,18,37H,3,14H2,1-2H3/t18-,26?/m1/s1. The van der Waals surface area contributed by atoms with Gasteiger partial charge in [-0.1, -0.05) is 18.2 Å². The number of hydrogen-bond donors (Lipinski definition) is 1. The van der Waals surface area contributed by atoms with Crippen molar-refractivity contribution in [2.24, 2.45) is 5.10 Å². The number of aliphatic hydroxyl groups is 1. The van der Waals surface area contributed by atoms with Gasteiger partial charge in [0.1, 0.15) is 29.9 Å². The van der Waals surface area contributed by atoms with Crippen LogP contribution in [0.2, 0.25) is 0 Å². The van der Waals surface area contributed by atoms with Crippen LogP contribution in [0.15, 0.2) is 72.5 Å². The minimum Gasteiger partial charge on any atom is -0.381 e. The van der Waals surface area contributed by atoms with E-state index in [9.17, 15) is 18.7 Å². The number of amides is 1. The Morgan fingerprint density at radius 2 is 1.97 bits per heavy atom. The second-order valence-corrected chi connectivity index (χ2v) is 8.52. The summed E-state index contributed by atoms with van der Waals surface area (Å²) in [6.45, 7) is 6.39. The zero-order valence-electron chi connectivity index (χ0n) is 20.1. The number of halogens is 2. The molecule has 0 radical (unpaired) electrons. The first-order chi connectivity index (χ1) is 17.7. The first-order valence-corrected chi connectivity index (χ1v) is 11.2. The molecule has 2 heterocycles. The third kappa shape index (κ3) is 4.87. The van der Waals surface area contributed by atoms with E-state index in [0.717, 1.165) is 28.3 Å². The van der Waals surface area contributed by atoms with Crippen LogP contribution < -0.4 is 0 Å². The van der Waals surface area contributed by atoms with Crippen LogP contribution in [0.4, 0.5) is 13.6 Å². The van der Waals surface area contributed by atoms with Crippen molar-refractivity contribution in [3.05, 3.63) is 95.8 Å². The highest BCUT2D eigenvalue weighted by molar-refractivity contribution is 5.81. The van der Waals surface area contributed by atoms with Crippen LogP contribution in [0, 0.1) is 29.9 Å². The third-order valence-corrected chi connectivity index (χ3v) is 6.24. The van der Waals surface area contributed by atoms with Crippen LogP contribution in [0.5, 0.6) is 0 Å². The normalized spacial score (nSPS) is 13.4. The summed E-state index contributed by atoms with van der Waals surface area (Å²) in [6, 6.07) is 11.7. The summed E-state index contributed by atoms with van der Waals surface area (Å²) in [6.07, 6.45) is 4.17. The molecule has 9 nitrogen and oxygen atoms in total. The van der Waals surface area contributed by atoms with E-state index >= 15 is 0 Å². The summed E-state index contributed by atoms with van der Waals surface area (Å²) in [5, 5.41) is 29.6. The van der Waals surface area contributed by atoms with Crippen molar-refractivity contribution in [3.8, 4) is 17.2 Å². The van der Waals surface area contributed by atoms with Gasteiger partial charge in [-0.15, -0.1) is 0 Å². The second-order valence-electron chi connectivity index (χ2n) is 8.52. The smallest absolute Gasteiger partial charge is 0.349 e. The zero-order chi connectivity index (χ0) is 26.7. The first kappa shape index (κ1) is 25.4. The molecular formula is C26H23F2N7O2. The Bertz CT molecular complexity index is 1480. The summed E-state index contributed by atoms with van der Waals surface area (Å²) >= 11 is 0. The molecule has 1 amide bonds. The fourth-order valence-electron chi connectivity index (χ4n) is 4.18. The van der Waals surface area contributed by atoms with Crippen molar-refractivity contribution in [3.63, 3.8) is 0 Å². The van der Waals surface area contributed by atoms with E-state index in [1.54, 1.807) is 43.5 Å². The highest BCUT2D eigenvalue weighted by Crippen LogP contribution is 2.34. The minimum absolute atomic E-state index is 0.249. The van der Waals surface area contributed by atoms with Crippen molar-refractivity contribution >= 4 is 12.7 Å². The predicted octanol–water partition coefficient (Wildman–Crippen LogP) is 4.07. The van der Waals surface area contributed by atoms with E-state index in [2.05, 4.69) is 28.0 Å². The van der Waals surface area contributed by atoms with Crippen molar-refractivity contribution < 1.29 is 18.7 Å². The number of hydrazone groups is 1. The molecule has 2 atom stereocenters. The fraction of sp³-hybridized carbons (Fsp3) is 0.192. The van der Waals surface area contributed by atoms with Crippen molar-refractivity contribution in [1.29, 1.82) is 5.26 Å². The lowest BCUT2D eigenvalue weighted by molar-refractivity contribution is -0.0511. The summed E-state index contributed by atoms with van der Waals surface area (Å²) in [7, 11) is 0. The van der Waals surface area contributed by atoms with Crippen molar-refractivity contribution in [2.45, 2.75) is 32.0 Å². The molecule has 0 aliphatic rings. The molecule has 0 fully saturated rings. The molecule has 4 rings (SSSR count).